The van der Waals surface area contributed by atoms with E-state index in [4.69, 9.17) is 4.18 Å². The average Bonchev–Trinajstić information content (AvgIpc) is 2.45. The van der Waals surface area contributed by atoms with Crippen LogP contribution in [0, 0.1) is 17.0 Å². The zero-order chi connectivity index (χ0) is 18.1. The molecule has 0 atom stereocenters. The first kappa shape index (κ1) is 17.8. The van der Waals surface area contributed by atoms with Crippen molar-refractivity contribution in [1.82, 2.24) is 0 Å². The third-order valence-electron chi connectivity index (χ3n) is 2.97. The summed E-state index contributed by atoms with van der Waals surface area (Å²) < 4.78 is 63.0. The lowest BCUT2D eigenvalue weighted by Gasteiger charge is -2.11. The summed E-state index contributed by atoms with van der Waals surface area (Å²) >= 11 is 0. The molecule has 11 heteroatoms. The van der Waals surface area contributed by atoms with Crippen LogP contribution in [0.1, 0.15) is 5.56 Å². The standard InChI is InChI=1S/C13H10NO8S2/c1-9-4-2-3-5-12(9)24(20,21)22-11-8-10(14(15)16)6-7-13(11)23(17,18)19/h2-8H,1H3. The predicted molar refractivity (Wildman–Crippen MR) is 80.0 cm³/mol. The second-order valence-corrected chi connectivity index (χ2v) is 7.51. The second kappa shape index (κ2) is 6.19. The van der Waals surface area contributed by atoms with Crippen molar-refractivity contribution in [3.05, 3.63) is 58.1 Å². The lowest BCUT2D eigenvalue weighted by molar-refractivity contribution is -0.385. The molecular formula is C13H10NO8S2. The molecular weight excluding hydrogens is 362 g/mol. The van der Waals surface area contributed by atoms with Crippen LogP contribution in [0.2, 0.25) is 0 Å². The highest BCUT2D eigenvalue weighted by molar-refractivity contribution is 7.87. The normalized spacial score (nSPS) is 11.9. The summed E-state index contributed by atoms with van der Waals surface area (Å²) in [5, 5.41) is 10.8. The van der Waals surface area contributed by atoms with Gasteiger partial charge in [0.1, 0.15) is 9.79 Å². The average molecular weight is 372 g/mol. The monoisotopic (exact) mass is 372 g/mol. The smallest absolute Gasteiger partial charge is 0.339 e. The number of hydrogen-bond acceptors (Lipinski definition) is 7. The molecule has 0 amide bonds. The minimum Gasteiger partial charge on any atom is -0.377 e. The molecule has 2 aromatic rings. The third kappa shape index (κ3) is 3.69. The number of aryl methyl sites for hydroxylation is 1. The molecule has 0 aromatic heterocycles. The summed E-state index contributed by atoms with van der Waals surface area (Å²) in [6.45, 7) is 1.48. The molecule has 0 fully saturated rings. The highest BCUT2D eigenvalue weighted by Crippen LogP contribution is 2.31. The molecule has 24 heavy (non-hydrogen) atoms. The topological polar surface area (TPSA) is 141 Å². The minimum atomic E-state index is -5.10. The van der Waals surface area contributed by atoms with E-state index in [0.29, 0.717) is 17.7 Å². The molecule has 0 aliphatic carbocycles. The van der Waals surface area contributed by atoms with Gasteiger partial charge in [-0.15, -0.1) is 0 Å². The number of benzene rings is 2. The molecule has 0 spiro atoms. The molecule has 1 radical (unpaired) electrons. The SMILES string of the molecule is Cc1ccccc1S(=O)(=O)Oc1cc([N+](=O)[O-])ccc1S([O])(=O)=O. The Morgan fingerprint density at radius 1 is 1.00 bits per heavy atom. The number of nitrogens with zero attached hydrogens (tertiary/aromatic N) is 1. The van der Waals surface area contributed by atoms with Gasteiger partial charge in [-0.2, -0.15) is 16.8 Å². The molecule has 9 nitrogen and oxygen atoms in total. The van der Waals surface area contributed by atoms with Crippen LogP contribution in [0.25, 0.3) is 0 Å². The van der Waals surface area contributed by atoms with Crippen LogP contribution >= 0.6 is 0 Å². The van der Waals surface area contributed by atoms with Gasteiger partial charge in [-0.3, -0.25) is 10.1 Å². The minimum absolute atomic E-state index is 0.259. The van der Waals surface area contributed by atoms with Gasteiger partial charge in [0.2, 0.25) is 0 Å². The van der Waals surface area contributed by atoms with Gasteiger partial charge >= 0.3 is 20.2 Å². The first-order valence-corrected chi connectivity index (χ1v) is 9.08. The molecule has 0 saturated heterocycles. The molecule has 127 valence electrons. The maximum Gasteiger partial charge on any atom is 0.339 e. The molecule has 0 aliphatic heterocycles. The van der Waals surface area contributed by atoms with E-state index in [0.717, 1.165) is 6.07 Å². The van der Waals surface area contributed by atoms with Gasteiger partial charge in [0.05, 0.1) is 11.0 Å². The van der Waals surface area contributed by atoms with Crippen molar-refractivity contribution in [1.29, 1.82) is 0 Å². The van der Waals surface area contributed by atoms with E-state index in [1.807, 2.05) is 0 Å². The first-order valence-electron chi connectivity index (χ1n) is 6.27. The van der Waals surface area contributed by atoms with Gasteiger partial charge in [-0.25, -0.2) is 0 Å². The van der Waals surface area contributed by atoms with Crippen LogP contribution in [0.5, 0.6) is 5.75 Å². The third-order valence-corrected chi connectivity index (χ3v) is 5.24. The van der Waals surface area contributed by atoms with E-state index in [-0.39, 0.29) is 4.90 Å². The Morgan fingerprint density at radius 2 is 1.62 bits per heavy atom. The van der Waals surface area contributed by atoms with Gasteiger partial charge in [0.25, 0.3) is 5.69 Å². The largest absolute Gasteiger partial charge is 0.377 e. The maximum atomic E-state index is 12.3. The zero-order valence-corrected chi connectivity index (χ0v) is 13.7. The van der Waals surface area contributed by atoms with Crippen molar-refractivity contribution in [3.63, 3.8) is 0 Å². The summed E-state index contributed by atoms with van der Waals surface area (Å²) in [6.07, 6.45) is 0. The van der Waals surface area contributed by atoms with Crippen molar-refractivity contribution >= 4 is 25.9 Å². The van der Waals surface area contributed by atoms with E-state index >= 15 is 0 Å². The Labute approximate surface area is 137 Å². The number of nitro groups is 1. The van der Waals surface area contributed by atoms with E-state index in [1.54, 1.807) is 6.07 Å². The molecule has 2 rings (SSSR count). The molecule has 2 aromatic carbocycles. The van der Waals surface area contributed by atoms with Crippen molar-refractivity contribution in [2.75, 3.05) is 0 Å². The number of non-ortho nitro benzene ring substituents is 1. The highest BCUT2D eigenvalue weighted by atomic mass is 32.2. The Kier molecular flexibility index (Phi) is 4.60. The van der Waals surface area contributed by atoms with Gasteiger partial charge in [-0.05, 0) is 24.6 Å². The Balaban J connectivity index is 2.61. The summed E-state index contributed by atoms with van der Waals surface area (Å²) in [6, 6.07) is 7.65. The second-order valence-electron chi connectivity index (χ2n) is 4.65. The fourth-order valence-corrected chi connectivity index (χ4v) is 3.69. The van der Waals surface area contributed by atoms with Crippen molar-refractivity contribution in [2.45, 2.75) is 16.7 Å². The summed E-state index contributed by atoms with van der Waals surface area (Å²) in [7, 11) is -9.60. The van der Waals surface area contributed by atoms with E-state index < -0.39 is 41.5 Å². The van der Waals surface area contributed by atoms with Gasteiger partial charge < -0.3 is 4.18 Å². The van der Waals surface area contributed by atoms with Crippen molar-refractivity contribution in [3.8, 4) is 5.75 Å². The van der Waals surface area contributed by atoms with Crippen LogP contribution in [0.15, 0.2) is 52.3 Å². The summed E-state index contributed by atoms with van der Waals surface area (Å²) in [4.78, 5) is 8.63. The van der Waals surface area contributed by atoms with E-state index in [2.05, 4.69) is 0 Å². The van der Waals surface area contributed by atoms with Crippen LogP contribution in [-0.2, 0) is 24.8 Å². The Hall–Kier alpha value is -2.50. The van der Waals surface area contributed by atoms with Gasteiger partial charge in [0, 0.05) is 6.07 Å². The first-order chi connectivity index (χ1) is 11.0. The van der Waals surface area contributed by atoms with E-state index in [9.17, 15) is 31.5 Å². The van der Waals surface area contributed by atoms with E-state index in [1.165, 1.54) is 25.1 Å². The fraction of sp³-hybridized carbons (Fsp3) is 0.0769. The molecule has 0 aliphatic rings. The van der Waals surface area contributed by atoms with Crippen molar-refractivity contribution < 1.29 is 30.5 Å². The molecule has 0 bridgehead atoms. The lowest BCUT2D eigenvalue weighted by atomic mass is 10.2. The van der Waals surface area contributed by atoms with Crippen LogP contribution in [-0.4, -0.2) is 21.8 Å². The lowest BCUT2D eigenvalue weighted by Crippen LogP contribution is -2.13. The van der Waals surface area contributed by atoms with Crippen LogP contribution in [0.3, 0.4) is 0 Å². The van der Waals surface area contributed by atoms with Crippen LogP contribution < -0.4 is 4.18 Å². The quantitative estimate of drug-likeness (QED) is 0.442. The Bertz CT molecular complexity index is 1010. The predicted octanol–water partition coefficient (Wildman–Crippen LogP) is 1.79. The maximum absolute atomic E-state index is 12.3. The number of hydrogen-bond donors (Lipinski definition) is 0. The van der Waals surface area contributed by atoms with Crippen LogP contribution in [0.4, 0.5) is 5.69 Å². The highest BCUT2D eigenvalue weighted by Gasteiger charge is 2.27. The summed E-state index contributed by atoms with van der Waals surface area (Å²) in [5.41, 5.74) is -0.313. The molecule has 0 N–H and O–H groups in total. The zero-order valence-electron chi connectivity index (χ0n) is 12.1. The fourth-order valence-electron chi connectivity index (χ4n) is 1.88. The summed E-state index contributed by atoms with van der Waals surface area (Å²) in [5.74, 6) is -0.928. The Morgan fingerprint density at radius 3 is 2.17 bits per heavy atom. The van der Waals surface area contributed by atoms with Gasteiger partial charge in [-0.1, -0.05) is 22.8 Å². The number of nitro benzene ring substituents is 1. The van der Waals surface area contributed by atoms with Crippen molar-refractivity contribution in [2.24, 2.45) is 0 Å². The molecule has 0 saturated carbocycles. The molecule has 0 unspecified atom stereocenters. The number of rotatable bonds is 5. The van der Waals surface area contributed by atoms with Gasteiger partial charge in [0.15, 0.2) is 5.75 Å². The molecule has 0 heterocycles.